The maximum Gasteiger partial charge on any atom is 0.243 e. The van der Waals surface area contributed by atoms with Gasteiger partial charge in [0.05, 0.1) is 22.3 Å². The van der Waals surface area contributed by atoms with Crippen molar-refractivity contribution < 1.29 is 21.6 Å². The van der Waals surface area contributed by atoms with E-state index in [9.17, 15) is 21.6 Å². The first-order chi connectivity index (χ1) is 14.3. The van der Waals surface area contributed by atoms with Gasteiger partial charge >= 0.3 is 0 Å². The molecular weight excluding hydrogens is 426 g/mol. The molecule has 0 radical (unpaired) electrons. The number of sulfone groups is 1. The zero-order valence-electron chi connectivity index (χ0n) is 17.0. The Labute approximate surface area is 178 Å². The summed E-state index contributed by atoms with van der Waals surface area (Å²) in [5.41, 5.74) is 0. The number of carbonyl (C=O) groups excluding carboxylic acids is 1. The summed E-state index contributed by atoms with van der Waals surface area (Å²) in [6.45, 7) is 3.13. The van der Waals surface area contributed by atoms with Gasteiger partial charge in [-0.05, 0) is 31.4 Å². The third-order valence-corrected chi connectivity index (χ3v) is 10.1. The highest BCUT2D eigenvalue weighted by atomic mass is 32.2. The van der Waals surface area contributed by atoms with E-state index in [1.165, 1.54) is 4.31 Å². The average Bonchev–Trinajstić information content (AvgIpc) is 3.14. The van der Waals surface area contributed by atoms with Crippen LogP contribution in [-0.2, 0) is 24.7 Å². The monoisotopic (exact) mass is 455 g/mol. The number of piperazine rings is 1. The SMILES string of the molecule is O=C([C@@H]1CCCN(S(=O)(=O)c2ccccc2)C1)N1CCN([C@@H]2CCS(=O)(=O)C2)CC1. The van der Waals surface area contributed by atoms with E-state index in [1.54, 1.807) is 30.3 Å². The molecule has 3 saturated heterocycles. The Balaban J connectivity index is 1.35. The minimum atomic E-state index is -3.59. The number of sulfonamides is 1. The van der Waals surface area contributed by atoms with Gasteiger partial charge < -0.3 is 4.90 Å². The molecule has 0 unspecified atom stereocenters. The molecule has 0 saturated carbocycles. The van der Waals surface area contributed by atoms with Crippen molar-refractivity contribution in [3.8, 4) is 0 Å². The molecule has 4 rings (SSSR count). The summed E-state index contributed by atoms with van der Waals surface area (Å²) in [5.74, 6) is 0.165. The molecule has 1 aromatic rings. The van der Waals surface area contributed by atoms with Crippen molar-refractivity contribution in [1.82, 2.24) is 14.1 Å². The lowest BCUT2D eigenvalue weighted by Crippen LogP contribution is -2.55. The van der Waals surface area contributed by atoms with Crippen molar-refractivity contribution >= 4 is 25.8 Å². The fraction of sp³-hybridized carbons (Fsp3) is 0.650. The standard InChI is InChI=1S/C20H29N3O5S2/c24-20(22-12-10-21(11-13-22)18-8-14-29(25,26)16-18)17-5-4-9-23(15-17)30(27,28)19-6-2-1-3-7-19/h1-3,6-7,17-18H,4-5,8-16H2/t17-,18-/m1/s1. The van der Waals surface area contributed by atoms with E-state index < -0.39 is 19.9 Å². The van der Waals surface area contributed by atoms with Gasteiger partial charge in [-0.15, -0.1) is 0 Å². The van der Waals surface area contributed by atoms with Crippen LogP contribution in [0.1, 0.15) is 19.3 Å². The van der Waals surface area contributed by atoms with Crippen LogP contribution >= 0.6 is 0 Å². The minimum absolute atomic E-state index is 0.0154. The Morgan fingerprint density at radius 1 is 0.967 bits per heavy atom. The summed E-state index contributed by atoms with van der Waals surface area (Å²) in [6, 6.07) is 8.42. The van der Waals surface area contributed by atoms with Crippen molar-refractivity contribution in [2.75, 3.05) is 50.8 Å². The van der Waals surface area contributed by atoms with Crippen LogP contribution < -0.4 is 0 Å². The normalized spacial score (nSPS) is 28.5. The predicted octanol–water partition coefficient (Wildman–Crippen LogP) is 0.419. The number of benzene rings is 1. The predicted molar refractivity (Wildman–Crippen MR) is 113 cm³/mol. The number of hydrogen-bond acceptors (Lipinski definition) is 6. The molecule has 10 heteroatoms. The van der Waals surface area contributed by atoms with E-state index in [0.717, 1.165) is 0 Å². The smallest absolute Gasteiger partial charge is 0.243 e. The zero-order chi connectivity index (χ0) is 21.4. The van der Waals surface area contributed by atoms with Gasteiger partial charge in [0.2, 0.25) is 15.9 Å². The Hall–Kier alpha value is -1.49. The lowest BCUT2D eigenvalue weighted by Gasteiger charge is -2.40. The van der Waals surface area contributed by atoms with Crippen molar-refractivity contribution in [3.63, 3.8) is 0 Å². The van der Waals surface area contributed by atoms with E-state index in [1.807, 2.05) is 4.90 Å². The summed E-state index contributed by atoms with van der Waals surface area (Å²) in [7, 11) is -6.51. The first kappa shape index (κ1) is 21.7. The second-order valence-electron chi connectivity index (χ2n) is 8.43. The molecule has 30 heavy (non-hydrogen) atoms. The lowest BCUT2D eigenvalue weighted by atomic mass is 9.97. The maximum atomic E-state index is 13.1. The van der Waals surface area contributed by atoms with Gasteiger partial charge in [-0.3, -0.25) is 9.69 Å². The van der Waals surface area contributed by atoms with Crippen LogP contribution in [0, 0.1) is 5.92 Å². The molecule has 0 bridgehead atoms. The molecule has 1 aromatic carbocycles. The van der Waals surface area contributed by atoms with Gasteiger partial charge in [0.1, 0.15) is 0 Å². The first-order valence-corrected chi connectivity index (χ1v) is 13.8. The van der Waals surface area contributed by atoms with Gasteiger partial charge in [-0.25, -0.2) is 16.8 Å². The van der Waals surface area contributed by atoms with Crippen molar-refractivity contribution in [3.05, 3.63) is 30.3 Å². The highest BCUT2D eigenvalue weighted by Gasteiger charge is 2.38. The highest BCUT2D eigenvalue weighted by molar-refractivity contribution is 7.91. The molecule has 8 nitrogen and oxygen atoms in total. The molecule has 3 aliphatic heterocycles. The topological polar surface area (TPSA) is 95.1 Å². The van der Waals surface area contributed by atoms with Crippen LogP contribution in [0.25, 0.3) is 0 Å². The lowest BCUT2D eigenvalue weighted by molar-refractivity contribution is -0.138. The molecule has 0 N–H and O–H groups in total. The van der Waals surface area contributed by atoms with Crippen LogP contribution in [0.3, 0.4) is 0 Å². The van der Waals surface area contributed by atoms with Crippen molar-refractivity contribution in [2.24, 2.45) is 5.92 Å². The van der Waals surface area contributed by atoms with Crippen LogP contribution in [0.15, 0.2) is 35.2 Å². The van der Waals surface area contributed by atoms with Crippen LogP contribution in [0.5, 0.6) is 0 Å². The van der Waals surface area contributed by atoms with Crippen LogP contribution in [0.4, 0.5) is 0 Å². The number of rotatable bonds is 4. The van der Waals surface area contributed by atoms with E-state index in [0.29, 0.717) is 52.0 Å². The Morgan fingerprint density at radius 2 is 1.67 bits per heavy atom. The molecule has 3 fully saturated rings. The van der Waals surface area contributed by atoms with Crippen molar-refractivity contribution in [1.29, 1.82) is 0 Å². The van der Waals surface area contributed by atoms with Gasteiger partial charge in [0.25, 0.3) is 0 Å². The molecule has 0 aliphatic carbocycles. The number of carbonyl (C=O) groups is 1. The summed E-state index contributed by atoms with van der Waals surface area (Å²) >= 11 is 0. The molecule has 166 valence electrons. The quantitative estimate of drug-likeness (QED) is 0.653. The van der Waals surface area contributed by atoms with Gasteiger partial charge in [-0.1, -0.05) is 18.2 Å². The van der Waals surface area contributed by atoms with Gasteiger partial charge in [-0.2, -0.15) is 4.31 Å². The van der Waals surface area contributed by atoms with Gasteiger partial charge in [0.15, 0.2) is 9.84 Å². The van der Waals surface area contributed by atoms with Gasteiger partial charge in [0, 0.05) is 45.3 Å². The van der Waals surface area contributed by atoms with E-state index >= 15 is 0 Å². The molecule has 0 aromatic heterocycles. The fourth-order valence-electron chi connectivity index (χ4n) is 4.73. The fourth-order valence-corrected chi connectivity index (χ4v) is 8.04. The Morgan fingerprint density at radius 3 is 2.30 bits per heavy atom. The summed E-state index contributed by atoms with van der Waals surface area (Å²) in [6.07, 6.45) is 2.04. The van der Waals surface area contributed by atoms with E-state index in [-0.39, 0.29) is 40.8 Å². The summed E-state index contributed by atoms with van der Waals surface area (Å²) in [4.78, 5) is 17.4. The number of nitrogens with zero attached hydrogens (tertiary/aromatic N) is 3. The van der Waals surface area contributed by atoms with E-state index in [2.05, 4.69) is 4.90 Å². The number of piperidine rings is 1. The minimum Gasteiger partial charge on any atom is -0.340 e. The summed E-state index contributed by atoms with van der Waals surface area (Å²) < 4.78 is 50.7. The Bertz CT molecular complexity index is 973. The molecule has 3 aliphatic rings. The van der Waals surface area contributed by atoms with Crippen molar-refractivity contribution in [2.45, 2.75) is 30.2 Å². The zero-order valence-corrected chi connectivity index (χ0v) is 18.7. The summed E-state index contributed by atoms with van der Waals surface area (Å²) in [5, 5.41) is 0. The second-order valence-corrected chi connectivity index (χ2v) is 12.6. The second kappa shape index (κ2) is 8.57. The third kappa shape index (κ3) is 4.56. The number of hydrogen-bond donors (Lipinski definition) is 0. The van der Waals surface area contributed by atoms with Crippen LogP contribution in [-0.4, -0.2) is 93.7 Å². The molecule has 2 atom stereocenters. The average molecular weight is 456 g/mol. The molecule has 0 spiro atoms. The van der Waals surface area contributed by atoms with Crippen LogP contribution in [0.2, 0.25) is 0 Å². The number of amides is 1. The first-order valence-electron chi connectivity index (χ1n) is 10.5. The molecule has 1 amide bonds. The Kier molecular flexibility index (Phi) is 6.20. The van der Waals surface area contributed by atoms with E-state index in [4.69, 9.17) is 0 Å². The maximum absolute atomic E-state index is 13.1. The molecular formula is C20H29N3O5S2. The largest absolute Gasteiger partial charge is 0.340 e. The third-order valence-electron chi connectivity index (χ3n) is 6.47. The molecule has 3 heterocycles. The highest BCUT2D eigenvalue weighted by Crippen LogP contribution is 2.26.